The van der Waals surface area contributed by atoms with E-state index in [9.17, 15) is 32.4 Å². The number of nitrogens with one attached hydrogen (secondary N) is 2. The van der Waals surface area contributed by atoms with Gasteiger partial charge in [-0.15, -0.1) is 0 Å². The van der Waals surface area contributed by atoms with Gasteiger partial charge in [0.2, 0.25) is 11.8 Å². The van der Waals surface area contributed by atoms with Crippen LogP contribution in [0.1, 0.15) is 123 Å². The van der Waals surface area contributed by atoms with E-state index in [-0.39, 0.29) is 55.5 Å². The van der Waals surface area contributed by atoms with Gasteiger partial charge in [-0.25, -0.2) is 9.52 Å². The van der Waals surface area contributed by atoms with Crippen LogP contribution in [0, 0.1) is 17.3 Å². The highest BCUT2D eigenvalue weighted by atomic mass is 32.2. The molecule has 5 atom stereocenters. The monoisotopic (exact) mass is 812 g/mol. The zero-order valence-corrected chi connectivity index (χ0v) is 35.6. The SMILES string of the molecule is CC(C)CC(=O)c1cccc2c1nc(O[C@@H]1C[C@H]3C(=O)C[C@]4(C(=O)NS(=O)(=O)N(C)C)C[C@H]4/C=C\CCCCC[C@H](NC(=O)OC(C)(C)C)C(=O)N3C1)n2C(C)C. The van der Waals surface area contributed by atoms with E-state index in [1.807, 2.05) is 56.5 Å². The fourth-order valence-corrected chi connectivity index (χ4v) is 8.41. The van der Waals surface area contributed by atoms with Gasteiger partial charge in [-0.05, 0) is 84.3 Å². The van der Waals surface area contributed by atoms with Gasteiger partial charge in [0, 0.05) is 45.0 Å². The minimum absolute atomic E-state index is 0.0281. The number of allylic oxidation sites excluding steroid dienone is 2. The van der Waals surface area contributed by atoms with Gasteiger partial charge >= 0.3 is 16.3 Å². The van der Waals surface area contributed by atoms with Crippen LogP contribution in [0.4, 0.5) is 4.79 Å². The maximum Gasteiger partial charge on any atom is 0.408 e. The molecule has 1 saturated carbocycles. The lowest BCUT2D eigenvalue weighted by atomic mass is 9.91. The molecular formula is C41H60N6O9S. The Morgan fingerprint density at radius 2 is 1.79 bits per heavy atom. The number of rotatable bonds is 10. The van der Waals surface area contributed by atoms with Crippen molar-refractivity contribution in [2.45, 2.75) is 136 Å². The Morgan fingerprint density at radius 1 is 1.07 bits per heavy atom. The Balaban J connectivity index is 1.52. The average Bonchev–Trinajstić information content (AvgIpc) is 3.42. The van der Waals surface area contributed by atoms with Crippen molar-refractivity contribution < 1.29 is 41.9 Å². The highest BCUT2D eigenvalue weighted by molar-refractivity contribution is 7.87. The molecular weight excluding hydrogens is 753 g/mol. The van der Waals surface area contributed by atoms with Crippen molar-refractivity contribution in [3.05, 3.63) is 35.9 Å². The normalized spacial score (nSPS) is 25.4. The van der Waals surface area contributed by atoms with Crippen LogP contribution in [-0.2, 0) is 29.3 Å². The first-order valence-corrected chi connectivity index (χ1v) is 21.5. The zero-order chi connectivity index (χ0) is 42.0. The molecule has 16 heteroatoms. The maximum absolute atomic E-state index is 14.6. The summed E-state index contributed by atoms with van der Waals surface area (Å²) in [5.74, 6) is -1.95. The van der Waals surface area contributed by atoms with Crippen molar-refractivity contribution in [1.82, 2.24) is 28.8 Å². The van der Waals surface area contributed by atoms with Crippen LogP contribution in [0.15, 0.2) is 30.4 Å². The molecule has 0 bridgehead atoms. The molecule has 3 heterocycles. The molecule has 2 aromatic rings. The van der Waals surface area contributed by atoms with Crippen molar-refractivity contribution in [2.24, 2.45) is 17.3 Å². The number of para-hydroxylation sites is 1. The third-order valence-corrected chi connectivity index (χ3v) is 12.2. The van der Waals surface area contributed by atoms with Gasteiger partial charge in [-0.3, -0.25) is 23.7 Å². The van der Waals surface area contributed by atoms with Gasteiger partial charge < -0.3 is 19.7 Å². The molecule has 0 spiro atoms. The molecule has 2 fully saturated rings. The number of hydrogen-bond acceptors (Lipinski definition) is 10. The van der Waals surface area contributed by atoms with E-state index in [1.165, 1.54) is 19.0 Å². The predicted octanol–water partition coefficient (Wildman–Crippen LogP) is 5.50. The Labute approximate surface area is 336 Å². The van der Waals surface area contributed by atoms with Crippen molar-refractivity contribution in [1.29, 1.82) is 0 Å². The summed E-state index contributed by atoms with van der Waals surface area (Å²) in [4.78, 5) is 75.6. The Morgan fingerprint density at radius 3 is 2.44 bits per heavy atom. The Kier molecular flexibility index (Phi) is 13.3. The number of carbonyl (C=O) groups is 5. The molecule has 3 aliphatic rings. The molecule has 2 N–H and O–H groups in total. The van der Waals surface area contributed by atoms with Crippen LogP contribution >= 0.6 is 0 Å². The summed E-state index contributed by atoms with van der Waals surface area (Å²) in [6, 6.07) is 3.48. The molecule has 1 aromatic carbocycles. The first kappa shape index (κ1) is 43.8. The summed E-state index contributed by atoms with van der Waals surface area (Å²) in [5, 5.41) is 2.76. The number of benzene rings is 1. The highest BCUT2D eigenvalue weighted by Crippen LogP contribution is 2.57. The van der Waals surface area contributed by atoms with Gasteiger partial charge in [0.25, 0.3) is 6.01 Å². The van der Waals surface area contributed by atoms with E-state index in [2.05, 4.69) is 10.0 Å². The number of amides is 3. The number of fused-ring (bicyclic) bond motifs is 3. The molecule has 0 radical (unpaired) electrons. The number of hydrogen-bond donors (Lipinski definition) is 2. The quantitative estimate of drug-likeness (QED) is 0.229. The summed E-state index contributed by atoms with van der Waals surface area (Å²) in [5.41, 5.74) is -0.449. The molecule has 0 unspecified atom stereocenters. The Hall–Kier alpha value is -4.31. The standard InChI is InChI=1S/C41H60N6O9S/c1-25(2)20-33(48)29-17-15-19-31-35(29)43-38(47(31)26(3)4)55-28-21-32-34(49)23-41(37(51)44-57(53,54)45(8)9)22-27(41)16-13-11-10-12-14-18-30(36(50)46(32)24-28)42-39(52)56-40(5,6)7/h13,15-17,19,25-28,30,32H,10-12,14,18,20-24H2,1-9H3,(H,42,52)(H,44,51)/b16-13-/t27-,28-,30+,32+,41-/m1/s1. The van der Waals surface area contributed by atoms with E-state index in [0.717, 1.165) is 17.1 Å². The van der Waals surface area contributed by atoms with Gasteiger partial charge in [0.15, 0.2) is 11.6 Å². The van der Waals surface area contributed by atoms with Crippen LogP contribution in [0.25, 0.3) is 11.0 Å². The van der Waals surface area contributed by atoms with Crippen LogP contribution in [-0.4, -0.2) is 101 Å². The largest absolute Gasteiger partial charge is 0.459 e. The molecule has 314 valence electrons. The lowest BCUT2D eigenvalue weighted by Gasteiger charge is -2.30. The van der Waals surface area contributed by atoms with Crippen LogP contribution in [0.5, 0.6) is 6.01 Å². The number of ketones is 2. The number of ether oxygens (including phenoxy) is 2. The van der Waals surface area contributed by atoms with Gasteiger partial charge in [-0.1, -0.05) is 44.9 Å². The van der Waals surface area contributed by atoms with Crippen LogP contribution in [0.3, 0.4) is 0 Å². The second-order valence-electron chi connectivity index (χ2n) is 17.6. The minimum atomic E-state index is -4.15. The zero-order valence-electron chi connectivity index (χ0n) is 34.8. The number of carbonyl (C=O) groups excluding carboxylic acids is 5. The number of Topliss-reactive ketones (excluding diaryl/α,β-unsaturated/α-hetero) is 2. The number of imidazole rings is 1. The summed E-state index contributed by atoms with van der Waals surface area (Å²) in [6.45, 7) is 13.0. The molecule has 3 amide bonds. The van der Waals surface area contributed by atoms with Gasteiger partial charge in [0.05, 0.1) is 23.5 Å². The van der Waals surface area contributed by atoms with Gasteiger partial charge in [0.1, 0.15) is 23.3 Å². The molecule has 5 rings (SSSR count). The average molecular weight is 813 g/mol. The van der Waals surface area contributed by atoms with E-state index in [4.69, 9.17) is 14.5 Å². The minimum Gasteiger partial charge on any atom is -0.459 e. The molecule has 1 aromatic heterocycles. The first-order valence-electron chi connectivity index (χ1n) is 20.1. The molecule has 15 nitrogen and oxygen atoms in total. The Bertz CT molecular complexity index is 2000. The fraction of sp³-hybridized carbons (Fsp3) is 0.659. The lowest BCUT2D eigenvalue weighted by Crippen LogP contribution is -2.53. The van der Waals surface area contributed by atoms with E-state index in [0.29, 0.717) is 42.3 Å². The van der Waals surface area contributed by atoms with Crippen LogP contribution < -0.4 is 14.8 Å². The topological polar surface area (TPSA) is 186 Å². The van der Waals surface area contributed by atoms with E-state index in [1.54, 1.807) is 26.8 Å². The maximum atomic E-state index is 14.6. The smallest absolute Gasteiger partial charge is 0.408 e. The molecule has 57 heavy (non-hydrogen) atoms. The second kappa shape index (κ2) is 17.3. The fourth-order valence-electron chi connectivity index (χ4n) is 7.79. The molecule has 1 saturated heterocycles. The molecule has 2 aliphatic heterocycles. The van der Waals surface area contributed by atoms with Crippen molar-refractivity contribution >= 4 is 50.7 Å². The van der Waals surface area contributed by atoms with Crippen molar-refractivity contribution in [2.75, 3.05) is 20.6 Å². The highest BCUT2D eigenvalue weighted by Gasteiger charge is 2.61. The second-order valence-corrected chi connectivity index (χ2v) is 19.5. The van der Waals surface area contributed by atoms with Crippen molar-refractivity contribution in [3.63, 3.8) is 0 Å². The predicted molar refractivity (Wildman–Crippen MR) is 215 cm³/mol. The van der Waals surface area contributed by atoms with Gasteiger partial charge in [-0.2, -0.15) is 17.7 Å². The van der Waals surface area contributed by atoms with Crippen LogP contribution in [0.2, 0.25) is 0 Å². The number of alkyl carbamates (subject to hydrolysis) is 1. The summed E-state index contributed by atoms with van der Waals surface area (Å²) >= 11 is 0. The van der Waals surface area contributed by atoms with Crippen molar-refractivity contribution in [3.8, 4) is 6.01 Å². The molecule has 1 aliphatic carbocycles. The summed E-state index contributed by atoms with van der Waals surface area (Å²) < 4.78 is 42.6. The lowest BCUT2D eigenvalue weighted by molar-refractivity contribution is -0.140. The summed E-state index contributed by atoms with van der Waals surface area (Å²) in [7, 11) is -1.54. The third-order valence-electron chi connectivity index (χ3n) is 10.8. The number of aromatic nitrogens is 2. The first-order chi connectivity index (χ1) is 26.6. The number of nitrogens with zero attached hydrogens (tertiary/aromatic N) is 4. The van der Waals surface area contributed by atoms with E-state index < -0.39 is 63.1 Å². The van der Waals surface area contributed by atoms with E-state index >= 15 is 0 Å². The third kappa shape index (κ3) is 10.2. The summed E-state index contributed by atoms with van der Waals surface area (Å²) in [6.07, 6.45) is 5.86.